The SMILES string of the molecule is CCCc1ccc(-c2cccc3cc(C(=O)N4C[C@@H]5NCCO[C@H]5C4)ccc23)cc1.Cl. The Balaban J connectivity index is 0.00000231. The van der Waals surface area contributed by atoms with Gasteiger partial charge in [-0.05, 0) is 46.0 Å². The molecule has 0 radical (unpaired) electrons. The van der Waals surface area contributed by atoms with Crippen LogP contribution in [0.1, 0.15) is 29.3 Å². The maximum atomic E-state index is 13.1. The highest BCUT2D eigenvalue weighted by molar-refractivity contribution is 6.02. The van der Waals surface area contributed by atoms with E-state index < -0.39 is 0 Å². The number of carbonyl (C=O) groups is 1. The van der Waals surface area contributed by atoms with Crippen LogP contribution in [-0.4, -0.2) is 49.2 Å². The molecule has 1 amide bonds. The molecule has 2 atom stereocenters. The number of likely N-dealkylation sites (tertiary alicyclic amines) is 1. The highest BCUT2D eigenvalue weighted by Crippen LogP contribution is 2.30. The third-order valence-electron chi connectivity index (χ3n) is 6.32. The van der Waals surface area contributed by atoms with Gasteiger partial charge < -0.3 is 15.0 Å². The quantitative estimate of drug-likeness (QED) is 0.644. The monoisotopic (exact) mass is 436 g/mol. The van der Waals surface area contributed by atoms with Gasteiger partial charge in [0.15, 0.2) is 0 Å². The molecule has 0 saturated carbocycles. The lowest BCUT2D eigenvalue weighted by atomic mass is 9.95. The van der Waals surface area contributed by atoms with Crippen molar-refractivity contribution in [3.8, 4) is 11.1 Å². The van der Waals surface area contributed by atoms with Crippen molar-refractivity contribution in [1.29, 1.82) is 0 Å². The molecule has 2 aliphatic rings. The molecular formula is C26H29ClN2O2. The second kappa shape index (κ2) is 9.39. The number of morpholine rings is 1. The number of nitrogens with one attached hydrogen (secondary N) is 1. The number of nitrogens with zero attached hydrogens (tertiary/aromatic N) is 1. The Labute approximate surface area is 190 Å². The van der Waals surface area contributed by atoms with Crippen LogP contribution in [0.3, 0.4) is 0 Å². The number of amides is 1. The lowest BCUT2D eigenvalue weighted by Gasteiger charge is -2.25. The summed E-state index contributed by atoms with van der Waals surface area (Å²) in [5.41, 5.74) is 4.54. The third-order valence-corrected chi connectivity index (χ3v) is 6.32. The van der Waals surface area contributed by atoms with Crippen LogP contribution in [0.25, 0.3) is 21.9 Å². The molecule has 0 unspecified atom stereocenters. The van der Waals surface area contributed by atoms with E-state index in [2.05, 4.69) is 60.8 Å². The van der Waals surface area contributed by atoms with Crippen molar-refractivity contribution in [1.82, 2.24) is 10.2 Å². The number of ether oxygens (including phenoxy) is 1. The molecule has 0 aromatic heterocycles. The average molecular weight is 437 g/mol. The summed E-state index contributed by atoms with van der Waals surface area (Å²) in [6.45, 7) is 5.17. The first-order valence-corrected chi connectivity index (χ1v) is 11.0. The zero-order valence-corrected chi connectivity index (χ0v) is 18.7. The van der Waals surface area contributed by atoms with E-state index in [1.807, 2.05) is 17.0 Å². The van der Waals surface area contributed by atoms with Gasteiger partial charge in [0, 0.05) is 25.2 Å². The van der Waals surface area contributed by atoms with Crippen LogP contribution in [0.4, 0.5) is 0 Å². The van der Waals surface area contributed by atoms with Crippen molar-refractivity contribution in [3.05, 3.63) is 71.8 Å². The molecule has 3 aromatic rings. The van der Waals surface area contributed by atoms with E-state index in [1.54, 1.807) is 0 Å². The summed E-state index contributed by atoms with van der Waals surface area (Å²) >= 11 is 0. The van der Waals surface area contributed by atoms with Crippen LogP contribution in [0.2, 0.25) is 0 Å². The van der Waals surface area contributed by atoms with Crippen LogP contribution in [0.5, 0.6) is 0 Å². The molecular weight excluding hydrogens is 408 g/mol. The molecule has 31 heavy (non-hydrogen) atoms. The van der Waals surface area contributed by atoms with Crippen molar-refractivity contribution < 1.29 is 9.53 Å². The Morgan fingerprint density at radius 3 is 2.71 bits per heavy atom. The van der Waals surface area contributed by atoms with E-state index in [1.165, 1.54) is 22.1 Å². The van der Waals surface area contributed by atoms with E-state index in [-0.39, 0.29) is 30.5 Å². The fourth-order valence-corrected chi connectivity index (χ4v) is 4.75. The van der Waals surface area contributed by atoms with Gasteiger partial charge in [0.2, 0.25) is 0 Å². The first kappa shape index (κ1) is 21.8. The van der Waals surface area contributed by atoms with Gasteiger partial charge >= 0.3 is 0 Å². The topological polar surface area (TPSA) is 41.6 Å². The van der Waals surface area contributed by atoms with Gasteiger partial charge in [0.25, 0.3) is 5.91 Å². The normalized spacial score (nSPS) is 20.4. The maximum Gasteiger partial charge on any atom is 0.254 e. The highest BCUT2D eigenvalue weighted by Gasteiger charge is 2.37. The summed E-state index contributed by atoms with van der Waals surface area (Å²) < 4.78 is 5.82. The molecule has 4 nitrogen and oxygen atoms in total. The van der Waals surface area contributed by atoms with Crippen molar-refractivity contribution in [2.45, 2.75) is 31.9 Å². The molecule has 2 saturated heterocycles. The molecule has 0 spiro atoms. The molecule has 0 aliphatic carbocycles. The van der Waals surface area contributed by atoms with Gasteiger partial charge in [-0.2, -0.15) is 0 Å². The van der Waals surface area contributed by atoms with Crippen LogP contribution >= 0.6 is 12.4 Å². The summed E-state index contributed by atoms with van der Waals surface area (Å²) in [5, 5.41) is 5.74. The van der Waals surface area contributed by atoms with Gasteiger partial charge in [-0.25, -0.2) is 0 Å². The minimum atomic E-state index is 0. The van der Waals surface area contributed by atoms with Gasteiger partial charge in [-0.15, -0.1) is 12.4 Å². The molecule has 2 heterocycles. The molecule has 5 rings (SSSR count). The standard InChI is InChI=1S/C26H28N2O2.ClH/c1-2-4-18-7-9-19(10-8-18)22-6-3-5-20-15-21(11-12-23(20)22)26(29)28-16-24-25(17-28)30-14-13-27-24;/h3,5-12,15,24-25,27H,2,4,13-14,16-17H2,1H3;1H/t24-,25-;/m0./s1. The second-order valence-corrected chi connectivity index (χ2v) is 8.37. The molecule has 5 heteroatoms. The molecule has 2 aliphatic heterocycles. The summed E-state index contributed by atoms with van der Waals surface area (Å²) in [6.07, 6.45) is 2.39. The largest absolute Gasteiger partial charge is 0.373 e. The molecule has 162 valence electrons. The molecule has 1 N–H and O–H groups in total. The number of hydrogen-bond donors (Lipinski definition) is 1. The Morgan fingerprint density at radius 1 is 1.10 bits per heavy atom. The zero-order chi connectivity index (χ0) is 20.5. The van der Waals surface area contributed by atoms with Gasteiger partial charge in [0.05, 0.1) is 18.8 Å². The lowest BCUT2D eigenvalue weighted by Crippen LogP contribution is -2.47. The Morgan fingerprint density at radius 2 is 1.94 bits per heavy atom. The summed E-state index contributed by atoms with van der Waals surface area (Å²) in [4.78, 5) is 15.1. The second-order valence-electron chi connectivity index (χ2n) is 8.37. The maximum absolute atomic E-state index is 13.1. The summed E-state index contributed by atoms with van der Waals surface area (Å²) in [5.74, 6) is 0.0889. The van der Waals surface area contributed by atoms with Gasteiger partial charge in [-0.1, -0.05) is 61.9 Å². The Bertz CT molecular complexity index is 1050. The van der Waals surface area contributed by atoms with Crippen LogP contribution in [0, 0.1) is 0 Å². The fourth-order valence-electron chi connectivity index (χ4n) is 4.75. The zero-order valence-electron chi connectivity index (χ0n) is 17.8. The lowest BCUT2D eigenvalue weighted by molar-refractivity contribution is 0.0176. The van der Waals surface area contributed by atoms with Crippen molar-refractivity contribution >= 4 is 29.1 Å². The van der Waals surface area contributed by atoms with Crippen LogP contribution < -0.4 is 5.32 Å². The first-order chi connectivity index (χ1) is 14.7. The number of fused-ring (bicyclic) bond motifs is 2. The van der Waals surface area contributed by atoms with E-state index in [0.717, 1.165) is 36.9 Å². The van der Waals surface area contributed by atoms with E-state index >= 15 is 0 Å². The molecule has 2 fully saturated rings. The van der Waals surface area contributed by atoms with Crippen molar-refractivity contribution in [3.63, 3.8) is 0 Å². The van der Waals surface area contributed by atoms with Crippen LogP contribution in [0.15, 0.2) is 60.7 Å². The number of halogens is 1. The van der Waals surface area contributed by atoms with Crippen molar-refractivity contribution in [2.24, 2.45) is 0 Å². The highest BCUT2D eigenvalue weighted by atomic mass is 35.5. The first-order valence-electron chi connectivity index (χ1n) is 11.0. The van der Waals surface area contributed by atoms with Crippen LogP contribution in [-0.2, 0) is 11.2 Å². The fraction of sp³-hybridized carbons (Fsp3) is 0.346. The average Bonchev–Trinajstić information content (AvgIpc) is 3.23. The van der Waals surface area contributed by atoms with E-state index in [4.69, 9.17) is 4.74 Å². The third kappa shape index (κ3) is 4.33. The number of benzene rings is 3. The minimum Gasteiger partial charge on any atom is -0.373 e. The minimum absolute atomic E-state index is 0. The predicted molar refractivity (Wildman–Crippen MR) is 128 cm³/mol. The van der Waals surface area contributed by atoms with Crippen molar-refractivity contribution in [2.75, 3.05) is 26.2 Å². The number of hydrogen-bond acceptors (Lipinski definition) is 3. The number of carbonyl (C=O) groups excluding carboxylic acids is 1. The van der Waals surface area contributed by atoms with Gasteiger partial charge in [-0.3, -0.25) is 4.79 Å². The number of aryl methyl sites for hydroxylation is 1. The Kier molecular flexibility index (Phi) is 6.61. The Hall–Kier alpha value is -2.40. The van der Waals surface area contributed by atoms with E-state index in [0.29, 0.717) is 13.1 Å². The molecule has 3 aromatic carbocycles. The van der Waals surface area contributed by atoms with E-state index in [9.17, 15) is 4.79 Å². The predicted octanol–water partition coefficient (Wildman–Crippen LogP) is 4.69. The smallest absolute Gasteiger partial charge is 0.254 e. The van der Waals surface area contributed by atoms with Gasteiger partial charge in [0.1, 0.15) is 0 Å². The molecule has 0 bridgehead atoms. The summed E-state index contributed by atoms with van der Waals surface area (Å²) in [6, 6.07) is 21.5. The number of rotatable bonds is 4. The summed E-state index contributed by atoms with van der Waals surface area (Å²) in [7, 11) is 0.